The SMILES string of the molecule is O=C(NC1(CCl)CCCC1)c1ccc2c(c1)OCO2. The van der Waals surface area contributed by atoms with Crippen LogP contribution in [0.3, 0.4) is 0 Å². The third-order valence-corrected chi connectivity index (χ3v) is 4.34. The second-order valence-electron chi connectivity index (χ2n) is 5.14. The zero-order chi connectivity index (χ0) is 13.3. The van der Waals surface area contributed by atoms with Crippen LogP contribution in [0.4, 0.5) is 0 Å². The van der Waals surface area contributed by atoms with Gasteiger partial charge in [0.05, 0.1) is 5.54 Å². The molecule has 0 spiro atoms. The van der Waals surface area contributed by atoms with Crippen LogP contribution in [-0.4, -0.2) is 24.1 Å². The molecule has 0 bridgehead atoms. The van der Waals surface area contributed by atoms with Gasteiger partial charge in [-0.15, -0.1) is 11.6 Å². The van der Waals surface area contributed by atoms with Gasteiger partial charge in [-0.25, -0.2) is 0 Å². The average molecular weight is 282 g/mol. The number of halogens is 1. The van der Waals surface area contributed by atoms with Crippen molar-refractivity contribution in [3.8, 4) is 11.5 Å². The summed E-state index contributed by atoms with van der Waals surface area (Å²) < 4.78 is 10.5. The van der Waals surface area contributed by atoms with E-state index in [1.54, 1.807) is 18.2 Å². The Morgan fingerprint density at radius 2 is 2.00 bits per heavy atom. The molecule has 102 valence electrons. The molecule has 3 rings (SSSR count). The number of ether oxygens (including phenoxy) is 2. The normalized spacial score (nSPS) is 19.4. The molecule has 1 fully saturated rings. The van der Waals surface area contributed by atoms with Gasteiger partial charge in [0.25, 0.3) is 5.91 Å². The number of hydrogen-bond acceptors (Lipinski definition) is 3. The van der Waals surface area contributed by atoms with Gasteiger partial charge >= 0.3 is 0 Å². The summed E-state index contributed by atoms with van der Waals surface area (Å²) >= 11 is 6.03. The highest BCUT2D eigenvalue weighted by Gasteiger charge is 2.34. The van der Waals surface area contributed by atoms with Gasteiger partial charge in [0.2, 0.25) is 6.79 Å². The Labute approximate surface area is 117 Å². The maximum Gasteiger partial charge on any atom is 0.251 e. The molecule has 1 amide bonds. The number of hydrogen-bond donors (Lipinski definition) is 1. The average Bonchev–Trinajstić information content (AvgIpc) is 3.06. The molecule has 0 aromatic heterocycles. The molecule has 0 unspecified atom stereocenters. The van der Waals surface area contributed by atoms with E-state index in [-0.39, 0.29) is 18.2 Å². The summed E-state index contributed by atoms with van der Waals surface area (Å²) in [5.41, 5.74) is 0.343. The van der Waals surface area contributed by atoms with Crippen LogP contribution in [0.15, 0.2) is 18.2 Å². The smallest absolute Gasteiger partial charge is 0.251 e. The van der Waals surface area contributed by atoms with Crippen molar-refractivity contribution in [2.45, 2.75) is 31.2 Å². The Bertz CT molecular complexity index is 497. The van der Waals surface area contributed by atoms with Crippen molar-refractivity contribution < 1.29 is 14.3 Å². The monoisotopic (exact) mass is 281 g/mol. The van der Waals surface area contributed by atoms with Crippen LogP contribution in [-0.2, 0) is 0 Å². The van der Waals surface area contributed by atoms with Gasteiger partial charge in [-0.2, -0.15) is 0 Å². The third kappa shape index (κ3) is 2.37. The highest BCUT2D eigenvalue weighted by molar-refractivity contribution is 6.19. The van der Waals surface area contributed by atoms with E-state index in [2.05, 4.69) is 5.32 Å². The first-order valence-corrected chi connectivity index (χ1v) is 7.04. The van der Waals surface area contributed by atoms with E-state index in [9.17, 15) is 4.79 Å². The summed E-state index contributed by atoms with van der Waals surface area (Å²) in [5.74, 6) is 1.67. The van der Waals surface area contributed by atoms with Crippen LogP contribution in [0.25, 0.3) is 0 Å². The third-order valence-electron chi connectivity index (χ3n) is 3.83. The molecular formula is C14H16ClNO3. The fourth-order valence-electron chi connectivity index (χ4n) is 2.69. The number of alkyl halides is 1. The summed E-state index contributed by atoms with van der Waals surface area (Å²) in [4.78, 5) is 12.3. The second kappa shape index (κ2) is 4.93. The van der Waals surface area contributed by atoms with E-state index >= 15 is 0 Å². The highest BCUT2D eigenvalue weighted by atomic mass is 35.5. The number of carbonyl (C=O) groups excluding carboxylic acids is 1. The molecule has 1 saturated carbocycles. The van der Waals surface area contributed by atoms with E-state index < -0.39 is 0 Å². The molecule has 19 heavy (non-hydrogen) atoms. The Hall–Kier alpha value is -1.42. The van der Waals surface area contributed by atoms with Crippen LogP contribution in [0, 0.1) is 0 Å². The summed E-state index contributed by atoms with van der Waals surface area (Å²) in [6, 6.07) is 5.23. The van der Waals surface area contributed by atoms with Gasteiger partial charge in [0, 0.05) is 11.4 Å². The first-order valence-electron chi connectivity index (χ1n) is 6.51. The molecule has 1 aliphatic carbocycles. The largest absolute Gasteiger partial charge is 0.454 e. The minimum absolute atomic E-state index is 0.0964. The topological polar surface area (TPSA) is 47.6 Å². The van der Waals surface area contributed by atoms with Crippen LogP contribution in [0.1, 0.15) is 36.0 Å². The number of benzene rings is 1. The zero-order valence-electron chi connectivity index (χ0n) is 10.6. The van der Waals surface area contributed by atoms with Crippen LogP contribution in [0.2, 0.25) is 0 Å². The predicted molar refractivity (Wildman–Crippen MR) is 72.0 cm³/mol. The van der Waals surface area contributed by atoms with E-state index in [1.165, 1.54) is 0 Å². The van der Waals surface area contributed by atoms with Gasteiger partial charge in [-0.1, -0.05) is 12.8 Å². The van der Waals surface area contributed by atoms with Gasteiger partial charge in [0.15, 0.2) is 11.5 Å². The van der Waals surface area contributed by atoms with Crippen molar-refractivity contribution in [1.82, 2.24) is 5.32 Å². The van der Waals surface area contributed by atoms with Crippen molar-refractivity contribution in [3.63, 3.8) is 0 Å². The van der Waals surface area contributed by atoms with Crippen LogP contribution in [0.5, 0.6) is 11.5 Å². The quantitative estimate of drug-likeness (QED) is 0.867. The maximum atomic E-state index is 12.3. The van der Waals surface area contributed by atoms with Gasteiger partial charge in [-0.05, 0) is 31.0 Å². The molecule has 5 heteroatoms. The minimum atomic E-state index is -0.241. The lowest BCUT2D eigenvalue weighted by Crippen LogP contribution is -2.47. The summed E-state index contributed by atoms with van der Waals surface area (Å²) in [6.45, 7) is 0.214. The van der Waals surface area contributed by atoms with E-state index in [1.807, 2.05) is 0 Å². The Morgan fingerprint density at radius 1 is 1.26 bits per heavy atom. The number of amides is 1. The van der Waals surface area contributed by atoms with Crippen LogP contribution < -0.4 is 14.8 Å². The Kier molecular flexibility index (Phi) is 3.27. The van der Waals surface area contributed by atoms with Gasteiger partial charge < -0.3 is 14.8 Å². The number of fused-ring (bicyclic) bond motifs is 1. The molecule has 1 aromatic carbocycles. The highest BCUT2D eigenvalue weighted by Crippen LogP contribution is 2.34. The maximum absolute atomic E-state index is 12.3. The molecule has 1 aromatic rings. The zero-order valence-corrected chi connectivity index (χ0v) is 11.3. The van der Waals surface area contributed by atoms with E-state index in [0.29, 0.717) is 22.9 Å². The summed E-state index contributed by atoms with van der Waals surface area (Å²) in [7, 11) is 0. The summed E-state index contributed by atoms with van der Waals surface area (Å²) in [6.07, 6.45) is 4.14. The minimum Gasteiger partial charge on any atom is -0.454 e. The molecule has 1 aliphatic heterocycles. The first kappa shape index (κ1) is 12.6. The lowest BCUT2D eigenvalue weighted by molar-refractivity contribution is 0.0909. The number of rotatable bonds is 3. The molecule has 2 aliphatic rings. The molecular weight excluding hydrogens is 266 g/mol. The molecule has 4 nitrogen and oxygen atoms in total. The number of nitrogens with one attached hydrogen (secondary N) is 1. The van der Waals surface area contributed by atoms with Gasteiger partial charge in [-0.3, -0.25) is 4.79 Å². The van der Waals surface area contributed by atoms with Crippen molar-refractivity contribution >= 4 is 17.5 Å². The Morgan fingerprint density at radius 3 is 2.74 bits per heavy atom. The molecule has 1 heterocycles. The molecule has 0 saturated heterocycles. The van der Waals surface area contributed by atoms with E-state index in [0.717, 1.165) is 25.7 Å². The first-order chi connectivity index (χ1) is 9.22. The predicted octanol–water partition coefficient (Wildman–Crippen LogP) is 2.70. The molecule has 1 N–H and O–H groups in total. The number of carbonyl (C=O) groups is 1. The molecule has 0 radical (unpaired) electrons. The lowest BCUT2D eigenvalue weighted by Gasteiger charge is -2.27. The standard InChI is InChI=1S/C14H16ClNO3/c15-8-14(5-1-2-6-14)16-13(17)10-3-4-11-12(7-10)19-9-18-11/h3-4,7H,1-2,5-6,8-9H2,(H,16,17). The Balaban J connectivity index is 1.77. The van der Waals surface area contributed by atoms with Crippen molar-refractivity contribution in [2.75, 3.05) is 12.7 Å². The van der Waals surface area contributed by atoms with Crippen molar-refractivity contribution in [3.05, 3.63) is 23.8 Å². The molecule has 0 atom stereocenters. The van der Waals surface area contributed by atoms with E-state index in [4.69, 9.17) is 21.1 Å². The summed E-state index contributed by atoms with van der Waals surface area (Å²) in [5, 5.41) is 3.08. The van der Waals surface area contributed by atoms with Crippen LogP contribution >= 0.6 is 11.6 Å². The lowest BCUT2D eigenvalue weighted by atomic mass is 9.99. The van der Waals surface area contributed by atoms with Crippen molar-refractivity contribution in [1.29, 1.82) is 0 Å². The fraction of sp³-hybridized carbons (Fsp3) is 0.500. The van der Waals surface area contributed by atoms with Gasteiger partial charge in [0.1, 0.15) is 0 Å². The van der Waals surface area contributed by atoms with Crippen molar-refractivity contribution in [2.24, 2.45) is 0 Å². The fourth-order valence-corrected chi connectivity index (χ4v) is 3.03. The second-order valence-corrected chi connectivity index (χ2v) is 5.41.